The molecule has 0 saturated heterocycles. The molecule has 0 bridgehead atoms. The Kier molecular flexibility index (Phi) is 4.07. The molecule has 0 aromatic carbocycles. The maximum atomic E-state index is 10.8. The second-order valence-corrected chi connectivity index (χ2v) is 4.64. The first kappa shape index (κ1) is 12.4. The van der Waals surface area contributed by atoms with Crippen LogP contribution in [0.1, 0.15) is 25.7 Å². The first-order valence-electron chi connectivity index (χ1n) is 5.39. The third-order valence-electron chi connectivity index (χ3n) is 2.97. The molecule has 1 aliphatic rings. The largest absolute Gasteiger partial charge is 0.389 e. The number of primary amides is 1. The lowest BCUT2D eigenvalue weighted by atomic mass is 10.0. The summed E-state index contributed by atoms with van der Waals surface area (Å²) in [6.07, 6.45) is 3.82. The Morgan fingerprint density at radius 3 is 2.53 bits per heavy atom. The summed E-state index contributed by atoms with van der Waals surface area (Å²) in [5, 5.41) is 10.1. The van der Waals surface area contributed by atoms with Gasteiger partial charge in [0.2, 0.25) is 5.91 Å². The average molecular weight is 215 g/mol. The van der Waals surface area contributed by atoms with Gasteiger partial charge < -0.3 is 21.5 Å². The van der Waals surface area contributed by atoms with Crippen LogP contribution in [-0.4, -0.2) is 47.7 Å². The molecule has 5 nitrogen and oxygen atoms in total. The molecule has 0 radical (unpaired) electrons. The van der Waals surface area contributed by atoms with Gasteiger partial charge in [0.1, 0.15) is 0 Å². The minimum atomic E-state index is -0.653. The number of nitrogens with two attached hydrogens (primary N) is 2. The van der Waals surface area contributed by atoms with Gasteiger partial charge >= 0.3 is 0 Å². The first-order valence-corrected chi connectivity index (χ1v) is 5.39. The van der Waals surface area contributed by atoms with Crippen molar-refractivity contribution >= 4 is 5.91 Å². The molecule has 0 aromatic heterocycles. The Morgan fingerprint density at radius 2 is 2.07 bits per heavy atom. The minimum Gasteiger partial charge on any atom is -0.389 e. The second-order valence-electron chi connectivity index (χ2n) is 4.64. The van der Waals surface area contributed by atoms with E-state index in [0.717, 1.165) is 25.7 Å². The highest BCUT2D eigenvalue weighted by Crippen LogP contribution is 2.29. The zero-order valence-electron chi connectivity index (χ0n) is 9.28. The number of aliphatic hydroxyl groups is 1. The van der Waals surface area contributed by atoms with Crippen molar-refractivity contribution in [2.75, 3.05) is 20.1 Å². The minimum absolute atomic E-state index is 0.400. The van der Waals surface area contributed by atoms with Gasteiger partial charge in [0.25, 0.3) is 0 Å². The molecule has 15 heavy (non-hydrogen) atoms. The van der Waals surface area contributed by atoms with Crippen LogP contribution in [0.2, 0.25) is 0 Å². The smallest absolute Gasteiger partial charge is 0.235 e. The topological polar surface area (TPSA) is 92.6 Å². The van der Waals surface area contributed by atoms with Crippen LogP contribution < -0.4 is 11.5 Å². The van der Waals surface area contributed by atoms with Gasteiger partial charge in [0, 0.05) is 13.1 Å². The Morgan fingerprint density at radius 1 is 1.53 bits per heavy atom. The number of nitrogens with zero attached hydrogens (tertiary/aromatic N) is 1. The molecular formula is C10H21N3O2. The fourth-order valence-corrected chi connectivity index (χ4v) is 2.18. The third kappa shape index (κ3) is 3.77. The normalized spacial score (nSPS) is 21.9. The van der Waals surface area contributed by atoms with Crippen molar-refractivity contribution in [2.45, 2.75) is 37.3 Å². The number of hydrogen-bond acceptors (Lipinski definition) is 4. The lowest BCUT2D eigenvalue weighted by molar-refractivity contribution is -0.119. The number of likely N-dealkylation sites (N-methyl/N-ethyl adjacent to an activating group) is 1. The number of hydrogen-bond donors (Lipinski definition) is 3. The molecule has 88 valence electrons. The summed E-state index contributed by atoms with van der Waals surface area (Å²) < 4.78 is 0. The van der Waals surface area contributed by atoms with E-state index in [1.807, 2.05) is 11.9 Å². The van der Waals surface area contributed by atoms with Crippen LogP contribution in [0.15, 0.2) is 0 Å². The molecule has 1 atom stereocenters. The van der Waals surface area contributed by atoms with E-state index in [-0.39, 0.29) is 0 Å². The Bertz CT molecular complexity index is 227. The van der Waals surface area contributed by atoms with Crippen LogP contribution in [0.3, 0.4) is 0 Å². The van der Waals surface area contributed by atoms with Crippen molar-refractivity contribution in [3.8, 4) is 0 Å². The van der Waals surface area contributed by atoms with E-state index < -0.39 is 17.6 Å². The first-order chi connectivity index (χ1) is 6.93. The molecular weight excluding hydrogens is 194 g/mol. The van der Waals surface area contributed by atoms with E-state index in [0.29, 0.717) is 13.1 Å². The number of carbonyl (C=O) groups excluding carboxylic acids is 1. The highest BCUT2D eigenvalue weighted by Gasteiger charge is 2.32. The van der Waals surface area contributed by atoms with Gasteiger partial charge in [-0.05, 0) is 19.9 Å². The summed E-state index contributed by atoms with van der Waals surface area (Å²) in [6, 6.07) is -0.653. The molecule has 0 aliphatic heterocycles. The molecule has 1 aliphatic carbocycles. The van der Waals surface area contributed by atoms with Crippen LogP contribution in [0.5, 0.6) is 0 Å². The maximum Gasteiger partial charge on any atom is 0.235 e. The number of rotatable bonds is 5. The van der Waals surface area contributed by atoms with E-state index in [4.69, 9.17) is 11.5 Å². The predicted molar refractivity (Wildman–Crippen MR) is 58.1 cm³/mol. The second kappa shape index (κ2) is 4.92. The number of amides is 1. The van der Waals surface area contributed by atoms with Crippen molar-refractivity contribution in [1.29, 1.82) is 0 Å². The van der Waals surface area contributed by atoms with Gasteiger partial charge in [0.15, 0.2) is 0 Å². The Labute approximate surface area is 90.4 Å². The van der Waals surface area contributed by atoms with Crippen LogP contribution in [-0.2, 0) is 4.79 Å². The zero-order chi connectivity index (χ0) is 11.5. The summed E-state index contributed by atoms with van der Waals surface area (Å²) in [4.78, 5) is 12.6. The monoisotopic (exact) mass is 215 g/mol. The van der Waals surface area contributed by atoms with E-state index in [9.17, 15) is 9.90 Å². The van der Waals surface area contributed by atoms with E-state index >= 15 is 0 Å². The van der Waals surface area contributed by atoms with Crippen LogP contribution in [0, 0.1) is 0 Å². The summed E-state index contributed by atoms with van der Waals surface area (Å²) >= 11 is 0. The van der Waals surface area contributed by atoms with Gasteiger partial charge in [-0.15, -0.1) is 0 Å². The zero-order valence-corrected chi connectivity index (χ0v) is 9.28. The summed E-state index contributed by atoms with van der Waals surface area (Å²) in [5.41, 5.74) is 10.0. The molecule has 1 unspecified atom stereocenters. The van der Waals surface area contributed by atoms with Gasteiger partial charge in [-0.3, -0.25) is 4.79 Å². The van der Waals surface area contributed by atoms with Crippen molar-refractivity contribution < 1.29 is 9.90 Å². The molecule has 0 spiro atoms. The molecule has 1 fully saturated rings. The third-order valence-corrected chi connectivity index (χ3v) is 2.97. The van der Waals surface area contributed by atoms with Crippen molar-refractivity contribution in [2.24, 2.45) is 11.5 Å². The SMILES string of the molecule is CN(CC(N)C(N)=O)CC1(O)CCCC1. The predicted octanol–water partition coefficient (Wildman–Crippen LogP) is -0.964. The quantitative estimate of drug-likeness (QED) is 0.550. The molecule has 0 heterocycles. The van der Waals surface area contributed by atoms with Crippen molar-refractivity contribution in [3.05, 3.63) is 0 Å². The Balaban J connectivity index is 2.34. The maximum absolute atomic E-state index is 10.8. The molecule has 5 heteroatoms. The molecule has 1 saturated carbocycles. The lowest BCUT2D eigenvalue weighted by Crippen LogP contribution is -2.48. The standard InChI is InChI=1S/C10H21N3O2/c1-13(6-8(11)9(12)14)7-10(15)4-2-3-5-10/h8,15H,2-7,11H2,1H3,(H2,12,14). The fraction of sp³-hybridized carbons (Fsp3) is 0.900. The van der Waals surface area contributed by atoms with Gasteiger partial charge in [-0.2, -0.15) is 0 Å². The molecule has 5 N–H and O–H groups in total. The van der Waals surface area contributed by atoms with Gasteiger partial charge in [-0.25, -0.2) is 0 Å². The Hall–Kier alpha value is -0.650. The summed E-state index contributed by atoms with van der Waals surface area (Å²) in [5.74, 6) is -0.500. The van der Waals surface area contributed by atoms with Gasteiger partial charge in [0.05, 0.1) is 11.6 Å². The summed E-state index contributed by atoms with van der Waals surface area (Å²) in [6.45, 7) is 0.964. The van der Waals surface area contributed by atoms with Crippen LogP contribution in [0.4, 0.5) is 0 Å². The van der Waals surface area contributed by atoms with E-state index in [2.05, 4.69) is 0 Å². The molecule has 1 rings (SSSR count). The highest BCUT2D eigenvalue weighted by molar-refractivity contribution is 5.79. The average Bonchev–Trinajstić information content (AvgIpc) is 2.50. The fourth-order valence-electron chi connectivity index (χ4n) is 2.18. The van der Waals surface area contributed by atoms with Crippen LogP contribution >= 0.6 is 0 Å². The highest BCUT2D eigenvalue weighted by atomic mass is 16.3. The summed E-state index contributed by atoms with van der Waals surface area (Å²) in [7, 11) is 1.85. The number of carbonyl (C=O) groups is 1. The van der Waals surface area contributed by atoms with Gasteiger partial charge in [-0.1, -0.05) is 12.8 Å². The lowest BCUT2D eigenvalue weighted by Gasteiger charge is -2.29. The van der Waals surface area contributed by atoms with Crippen LogP contribution in [0.25, 0.3) is 0 Å². The van der Waals surface area contributed by atoms with Crippen molar-refractivity contribution in [3.63, 3.8) is 0 Å². The molecule has 1 amide bonds. The molecule has 0 aromatic rings. The van der Waals surface area contributed by atoms with E-state index in [1.165, 1.54) is 0 Å². The van der Waals surface area contributed by atoms with E-state index in [1.54, 1.807) is 0 Å². The van der Waals surface area contributed by atoms with Crippen molar-refractivity contribution in [1.82, 2.24) is 4.90 Å².